The third kappa shape index (κ3) is 3.55. The fourth-order valence-corrected chi connectivity index (χ4v) is 1.87. The van der Waals surface area contributed by atoms with Gasteiger partial charge in [0.2, 0.25) is 0 Å². The minimum absolute atomic E-state index is 0.232. The van der Waals surface area contributed by atoms with Crippen LogP contribution in [0.1, 0.15) is 24.2 Å². The zero-order valence-electron chi connectivity index (χ0n) is 9.73. The van der Waals surface area contributed by atoms with Gasteiger partial charge in [-0.2, -0.15) is 0 Å². The number of hydrogen-bond donors (Lipinski definition) is 1. The maximum atomic E-state index is 5.94. The van der Waals surface area contributed by atoms with Crippen LogP contribution in [-0.4, -0.2) is 4.98 Å². The molecular formula is C14H15ClN2. The summed E-state index contributed by atoms with van der Waals surface area (Å²) >= 11 is 5.94. The lowest BCUT2D eigenvalue weighted by molar-refractivity contribution is 0.561. The fourth-order valence-electron chi connectivity index (χ4n) is 1.65. The van der Waals surface area contributed by atoms with Gasteiger partial charge in [-0.25, -0.2) is 0 Å². The van der Waals surface area contributed by atoms with Crippen molar-refractivity contribution in [3.63, 3.8) is 0 Å². The van der Waals surface area contributed by atoms with Crippen molar-refractivity contribution in [2.45, 2.75) is 19.5 Å². The molecule has 0 aliphatic carbocycles. The molecule has 2 aromatic rings. The Balaban J connectivity index is 1.95. The van der Waals surface area contributed by atoms with Crippen LogP contribution in [0.3, 0.4) is 0 Å². The van der Waals surface area contributed by atoms with Gasteiger partial charge in [0.05, 0.1) is 5.69 Å². The number of pyridine rings is 1. The van der Waals surface area contributed by atoms with E-state index in [0.29, 0.717) is 0 Å². The molecule has 0 aliphatic heterocycles. The highest BCUT2D eigenvalue weighted by Gasteiger charge is 2.05. The van der Waals surface area contributed by atoms with Crippen LogP contribution in [0.2, 0.25) is 5.02 Å². The van der Waals surface area contributed by atoms with E-state index in [0.717, 1.165) is 17.3 Å². The van der Waals surface area contributed by atoms with Gasteiger partial charge in [0, 0.05) is 23.8 Å². The van der Waals surface area contributed by atoms with Crippen LogP contribution in [0, 0.1) is 0 Å². The largest absolute Gasteiger partial charge is 0.305 e. The lowest BCUT2D eigenvalue weighted by atomic mass is 10.2. The highest BCUT2D eigenvalue weighted by atomic mass is 35.5. The number of halogens is 1. The summed E-state index contributed by atoms with van der Waals surface area (Å²) in [7, 11) is 0. The summed E-state index contributed by atoms with van der Waals surface area (Å²) in [4.78, 5) is 4.32. The van der Waals surface area contributed by atoms with Crippen LogP contribution in [0.15, 0.2) is 48.7 Å². The standard InChI is InChI=1S/C14H15ClN2/c1-11(14-7-2-3-8-16-14)17-10-12-5-4-6-13(15)9-12/h2-9,11,17H,10H2,1H3/t11-/m0/s1. The van der Waals surface area contributed by atoms with Gasteiger partial charge in [-0.1, -0.05) is 29.8 Å². The second-order valence-electron chi connectivity index (χ2n) is 3.99. The lowest BCUT2D eigenvalue weighted by Crippen LogP contribution is -2.18. The maximum Gasteiger partial charge on any atom is 0.0570 e. The Kier molecular flexibility index (Phi) is 4.13. The first kappa shape index (κ1) is 12.1. The van der Waals surface area contributed by atoms with E-state index in [-0.39, 0.29) is 6.04 Å². The van der Waals surface area contributed by atoms with Crippen molar-refractivity contribution in [3.8, 4) is 0 Å². The number of aromatic nitrogens is 1. The molecule has 0 amide bonds. The van der Waals surface area contributed by atoms with Crippen molar-refractivity contribution >= 4 is 11.6 Å². The zero-order chi connectivity index (χ0) is 12.1. The van der Waals surface area contributed by atoms with Crippen LogP contribution >= 0.6 is 11.6 Å². The predicted molar refractivity (Wildman–Crippen MR) is 70.9 cm³/mol. The molecule has 0 saturated carbocycles. The van der Waals surface area contributed by atoms with E-state index in [1.54, 1.807) is 0 Å². The van der Waals surface area contributed by atoms with E-state index in [1.807, 2.05) is 42.6 Å². The molecule has 2 nitrogen and oxygen atoms in total. The molecule has 0 unspecified atom stereocenters. The summed E-state index contributed by atoms with van der Waals surface area (Å²) < 4.78 is 0. The molecule has 88 valence electrons. The van der Waals surface area contributed by atoms with E-state index < -0.39 is 0 Å². The molecular weight excluding hydrogens is 232 g/mol. The summed E-state index contributed by atoms with van der Waals surface area (Å²) in [5, 5.41) is 4.19. The van der Waals surface area contributed by atoms with Crippen LogP contribution in [-0.2, 0) is 6.54 Å². The van der Waals surface area contributed by atoms with Crippen molar-refractivity contribution in [3.05, 3.63) is 64.9 Å². The quantitative estimate of drug-likeness (QED) is 0.892. The predicted octanol–water partition coefficient (Wildman–Crippen LogP) is 3.59. The molecule has 0 radical (unpaired) electrons. The molecule has 1 N–H and O–H groups in total. The van der Waals surface area contributed by atoms with Gasteiger partial charge < -0.3 is 5.32 Å². The Morgan fingerprint density at radius 1 is 1.24 bits per heavy atom. The summed E-state index contributed by atoms with van der Waals surface area (Å²) in [6, 6.07) is 14.1. The SMILES string of the molecule is C[C@H](NCc1cccc(Cl)c1)c1ccccn1. The first-order chi connectivity index (χ1) is 8.25. The fraction of sp³-hybridized carbons (Fsp3) is 0.214. The zero-order valence-corrected chi connectivity index (χ0v) is 10.5. The van der Waals surface area contributed by atoms with Crippen molar-refractivity contribution in [1.29, 1.82) is 0 Å². The summed E-state index contributed by atoms with van der Waals surface area (Å²) in [6.45, 7) is 2.89. The molecule has 1 heterocycles. The van der Waals surface area contributed by atoms with Gasteiger partial charge in [-0.15, -0.1) is 0 Å². The third-order valence-electron chi connectivity index (χ3n) is 2.63. The van der Waals surface area contributed by atoms with Gasteiger partial charge in [-0.05, 0) is 36.8 Å². The van der Waals surface area contributed by atoms with Gasteiger partial charge >= 0.3 is 0 Å². The number of hydrogen-bond acceptors (Lipinski definition) is 2. The average molecular weight is 247 g/mol. The van der Waals surface area contributed by atoms with E-state index in [9.17, 15) is 0 Å². The number of rotatable bonds is 4. The van der Waals surface area contributed by atoms with Crippen LogP contribution in [0.5, 0.6) is 0 Å². The smallest absolute Gasteiger partial charge is 0.0570 e. The van der Waals surface area contributed by atoms with E-state index in [1.165, 1.54) is 5.56 Å². The highest BCUT2D eigenvalue weighted by Crippen LogP contribution is 2.13. The van der Waals surface area contributed by atoms with Gasteiger partial charge in [0.15, 0.2) is 0 Å². The highest BCUT2D eigenvalue weighted by molar-refractivity contribution is 6.30. The molecule has 2 rings (SSSR count). The third-order valence-corrected chi connectivity index (χ3v) is 2.87. The van der Waals surface area contributed by atoms with Crippen molar-refractivity contribution < 1.29 is 0 Å². The molecule has 0 aliphatic rings. The number of nitrogens with zero attached hydrogens (tertiary/aromatic N) is 1. The lowest BCUT2D eigenvalue weighted by Gasteiger charge is -2.13. The van der Waals surface area contributed by atoms with Crippen molar-refractivity contribution in [2.75, 3.05) is 0 Å². The summed E-state index contributed by atoms with van der Waals surface area (Å²) in [6.07, 6.45) is 1.81. The minimum Gasteiger partial charge on any atom is -0.305 e. The minimum atomic E-state index is 0.232. The van der Waals surface area contributed by atoms with Crippen LogP contribution in [0.25, 0.3) is 0 Å². The molecule has 3 heteroatoms. The second-order valence-corrected chi connectivity index (χ2v) is 4.42. The number of nitrogens with one attached hydrogen (secondary N) is 1. The molecule has 0 saturated heterocycles. The monoisotopic (exact) mass is 246 g/mol. The Morgan fingerprint density at radius 2 is 2.12 bits per heavy atom. The average Bonchev–Trinajstić information content (AvgIpc) is 2.37. The molecule has 17 heavy (non-hydrogen) atoms. The van der Waals surface area contributed by atoms with Gasteiger partial charge in [0.1, 0.15) is 0 Å². The normalized spacial score (nSPS) is 12.4. The van der Waals surface area contributed by atoms with E-state index in [4.69, 9.17) is 11.6 Å². The molecule has 0 fully saturated rings. The van der Waals surface area contributed by atoms with Crippen molar-refractivity contribution in [2.24, 2.45) is 0 Å². The Morgan fingerprint density at radius 3 is 2.82 bits per heavy atom. The molecule has 1 atom stereocenters. The number of benzene rings is 1. The summed E-state index contributed by atoms with van der Waals surface area (Å²) in [5.74, 6) is 0. The Labute approximate surface area is 107 Å². The first-order valence-corrected chi connectivity index (χ1v) is 6.02. The van der Waals surface area contributed by atoms with Crippen LogP contribution < -0.4 is 5.32 Å². The maximum absolute atomic E-state index is 5.94. The molecule has 1 aromatic heterocycles. The Bertz CT molecular complexity index is 471. The summed E-state index contributed by atoms with van der Waals surface area (Å²) in [5.41, 5.74) is 2.23. The van der Waals surface area contributed by atoms with E-state index >= 15 is 0 Å². The molecule has 0 bridgehead atoms. The molecule has 1 aromatic carbocycles. The second kappa shape index (κ2) is 5.80. The van der Waals surface area contributed by atoms with Crippen LogP contribution in [0.4, 0.5) is 0 Å². The first-order valence-electron chi connectivity index (χ1n) is 5.64. The Hall–Kier alpha value is -1.38. The molecule has 0 spiro atoms. The van der Waals surface area contributed by atoms with E-state index in [2.05, 4.69) is 23.3 Å². The van der Waals surface area contributed by atoms with Gasteiger partial charge in [0.25, 0.3) is 0 Å². The van der Waals surface area contributed by atoms with Gasteiger partial charge in [-0.3, -0.25) is 4.98 Å². The topological polar surface area (TPSA) is 24.9 Å². The van der Waals surface area contributed by atoms with Crippen molar-refractivity contribution in [1.82, 2.24) is 10.3 Å².